The van der Waals surface area contributed by atoms with Gasteiger partial charge in [0, 0.05) is 18.8 Å². The van der Waals surface area contributed by atoms with E-state index in [2.05, 4.69) is 5.32 Å². The molecular formula is C14H24N2O4S. The fourth-order valence-electron chi connectivity index (χ4n) is 3.13. The van der Waals surface area contributed by atoms with Crippen molar-refractivity contribution in [1.82, 2.24) is 10.2 Å². The second-order valence-corrected chi connectivity index (χ2v) is 8.35. The predicted molar refractivity (Wildman–Crippen MR) is 79.5 cm³/mol. The van der Waals surface area contributed by atoms with Crippen molar-refractivity contribution in [3.8, 4) is 0 Å². The molecular weight excluding hydrogens is 292 g/mol. The van der Waals surface area contributed by atoms with Gasteiger partial charge in [-0.2, -0.15) is 0 Å². The van der Waals surface area contributed by atoms with E-state index in [0.717, 1.165) is 31.9 Å². The molecule has 2 amide bonds. The van der Waals surface area contributed by atoms with Crippen LogP contribution in [0.3, 0.4) is 0 Å². The molecule has 7 heteroatoms. The molecule has 6 nitrogen and oxygen atoms in total. The van der Waals surface area contributed by atoms with Crippen molar-refractivity contribution in [2.45, 2.75) is 57.0 Å². The number of hydrogen-bond acceptors (Lipinski definition) is 5. The monoisotopic (exact) mass is 316 g/mol. The molecule has 0 aromatic carbocycles. The minimum Gasteiger partial charge on any atom is -0.304 e. The normalized spacial score (nSPS) is 25.4. The van der Waals surface area contributed by atoms with Gasteiger partial charge < -0.3 is 5.32 Å². The molecule has 1 atom stereocenters. The van der Waals surface area contributed by atoms with Crippen LogP contribution >= 0.6 is 0 Å². The van der Waals surface area contributed by atoms with Gasteiger partial charge in [0.15, 0.2) is 0 Å². The highest BCUT2D eigenvalue weighted by Gasteiger charge is 2.41. The molecule has 1 unspecified atom stereocenters. The van der Waals surface area contributed by atoms with E-state index in [1.807, 2.05) is 0 Å². The SMILES string of the molecule is CS(=O)(=O)CCNC1CC(=O)N(C2CCCCCC2)C1=O. The molecule has 2 fully saturated rings. The summed E-state index contributed by atoms with van der Waals surface area (Å²) in [6, 6.07) is -0.517. The van der Waals surface area contributed by atoms with Gasteiger partial charge in [-0.15, -0.1) is 0 Å². The van der Waals surface area contributed by atoms with Crippen LogP contribution in [0.5, 0.6) is 0 Å². The molecule has 1 aliphatic carbocycles. The number of sulfone groups is 1. The van der Waals surface area contributed by atoms with E-state index in [0.29, 0.717) is 0 Å². The smallest absolute Gasteiger partial charge is 0.247 e. The Morgan fingerprint density at radius 1 is 1.14 bits per heavy atom. The summed E-state index contributed by atoms with van der Waals surface area (Å²) < 4.78 is 22.2. The number of likely N-dealkylation sites (tertiary alicyclic amines) is 1. The van der Waals surface area contributed by atoms with Crippen LogP contribution in [0.15, 0.2) is 0 Å². The van der Waals surface area contributed by atoms with E-state index in [4.69, 9.17) is 0 Å². The maximum atomic E-state index is 12.4. The van der Waals surface area contributed by atoms with Crippen LogP contribution in [-0.2, 0) is 19.4 Å². The van der Waals surface area contributed by atoms with Crippen molar-refractivity contribution in [3.63, 3.8) is 0 Å². The molecule has 1 saturated heterocycles. The van der Waals surface area contributed by atoms with E-state index in [1.165, 1.54) is 17.7 Å². The lowest BCUT2D eigenvalue weighted by Crippen LogP contribution is -2.44. The van der Waals surface area contributed by atoms with Gasteiger partial charge >= 0.3 is 0 Å². The van der Waals surface area contributed by atoms with Crippen LogP contribution < -0.4 is 5.32 Å². The Morgan fingerprint density at radius 2 is 1.76 bits per heavy atom. The summed E-state index contributed by atoms with van der Waals surface area (Å²) in [4.78, 5) is 25.9. The van der Waals surface area contributed by atoms with Crippen LogP contribution in [0.2, 0.25) is 0 Å². The quantitative estimate of drug-likeness (QED) is 0.589. The van der Waals surface area contributed by atoms with Gasteiger partial charge in [-0.05, 0) is 12.8 Å². The molecule has 2 rings (SSSR count). The largest absolute Gasteiger partial charge is 0.304 e. The van der Waals surface area contributed by atoms with Crippen molar-refractivity contribution < 1.29 is 18.0 Å². The zero-order valence-electron chi connectivity index (χ0n) is 12.5. The fraction of sp³-hybridized carbons (Fsp3) is 0.857. The second-order valence-electron chi connectivity index (χ2n) is 6.09. The Morgan fingerprint density at radius 3 is 2.33 bits per heavy atom. The van der Waals surface area contributed by atoms with Crippen molar-refractivity contribution >= 4 is 21.7 Å². The van der Waals surface area contributed by atoms with Gasteiger partial charge in [0.2, 0.25) is 11.8 Å². The molecule has 2 aliphatic rings. The number of carbonyl (C=O) groups is 2. The number of carbonyl (C=O) groups excluding carboxylic acids is 2. The first-order valence-corrected chi connectivity index (χ1v) is 9.71. The van der Waals surface area contributed by atoms with E-state index in [9.17, 15) is 18.0 Å². The molecule has 0 bridgehead atoms. The van der Waals surface area contributed by atoms with Crippen molar-refractivity contribution in [2.75, 3.05) is 18.6 Å². The minimum atomic E-state index is -3.06. The first-order valence-electron chi connectivity index (χ1n) is 7.65. The van der Waals surface area contributed by atoms with Gasteiger partial charge in [0.1, 0.15) is 9.84 Å². The van der Waals surface area contributed by atoms with Gasteiger partial charge in [-0.3, -0.25) is 14.5 Å². The topological polar surface area (TPSA) is 83.6 Å². The van der Waals surface area contributed by atoms with Gasteiger partial charge in [-0.1, -0.05) is 25.7 Å². The molecule has 1 N–H and O–H groups in total. The number of nitrogens with zero attached hydrogens (tertiary/aromatic N) is 1. The predicted octanol–water partition coefficient (Wildman–Crippen LogP) is 0.471. The molecule has 21 heavy (non-hydrogen) atoms. The molecule has 1 aliphatic heterocycles. The summed E-state index contributed by atoms with van der Waals surface area (Å²) in [5.41, 5.74) is 0. The maximum Gasteiger partial charge on any atom is 0.247 e. The van der Waals surface area contributed by atoms with Crippen LogP contribution in [0.1, 0.15) is 44.9 Å². The summed E-state index contributed by atoms with van der Waals surface area (Å²) >= 11 is 0. The zero-order valence-corrected chi connectivity index (χ0v) is 13.3. The molecule has 0 aromatic rings. The lowest BCUT2D eigenvalue weighted by Gasteiger charge is -2.25. The van der Waals surface area contributed by atoms with Crippen LogP contribution in [0.25, 0.3) is 0 Å². The molecule has 0 radical (unpaired) electrons. The minimum absolute atomic E-state index is 0.0194. The molecule has 1 saturated carbocycles. The highest BCUT2D eigenvalue weighted by atomic mass is 32.2. The molecule has 120 valence electrons. The average Bonchev–Trinajstić information content (AvgIpc) is 2.59. The number of rotatable bonds is 5. The molecule has 1 heterocycles. The van der Waals surface area contributed by atoms with E-state index < -0.39 is 15.9 Å². The number of nitrogens with one attached hydrogen (secondary N) is 1. The Hall–Kier alpha value is -0.950. The van der Waals surface area contributed by atoms with Crippen molar-refractivity contribution in [3.05, 3.63) is 0 Å². The van der Waals surface area contributed by atoms with Gasteiger partial charge in [0.25, 0.3) is 0 Å². The van der Waals surface area contributed by atoms with E-state index >= 15 is 0 Å². The Labute approximate surface area is 126 Å². The van der Waals surface area contributed by atoms with E-state index in [-0.39, 0.29) is 36.6 Å². The number of hydrogen-bond donors (Lipinski definition) is 1. The molecule has 0 aromatic heterocycles. The van der Waals surface area contributed by atoms with Gasteiger partial charge in [0.05, 0.1) is 18.2 Å². The highest BCUT2D eigenvalue weighted by molar-refractivity contribution is 7.90. The average molecular weight is 316 g/mol. The highest BCUT2D eigenvalue weighted by Crippen LogP contribution is 2.26. The Balaban J connectivity index is 1.92. The van der Waals surface area contributed by atoms with Crippen LogP contribution in [0, 0.1) is 0 Å². The molecule has 0 spiro atoms. The third kappa shape index (κ3) is 4.51. The summed E-state index contributed by atoms with van der Waals surface area (Å²) in [6.07, 6.45) is 7.57. The van der Waals surface area contributed by atoms with Crippen LogP contribution in [0.4, 0.5) is 0 Å². The van der Waals surface area contributed by atoms with Crippen LogP contribution in [-0.4, -0.2) is 55.8 Å². The van der Waals surface area contributed by atoms with E-state index in [1.54, 1.807) is 0 Å². The maximum absolute atomic E-state index is 12.4. The Kier molecular flexibility index (Phi) is 5.37. The third-order valence-electron chi connectivity index (χ3n) is 4.24. The second kappa shape index (κ2) is 6.87. The number of amides is 2. The first kappa shape index (κ1) is 16.4. The third-order valence-corrected chi connectivity index (χ3v) is 5.18. The zero-order chi connectivity index (χ0) is 15.5. The summed E-state index contributed by atoms with van der Waals surface area (Å²) in [6.45, 7) is 0.209. The summed E-state index contributed by atoms with van der Waals surface area (Å²) in [7, 11) is -3.06. The van der Waals surface area contributed by atoms with Gasteiger partial charge in [-0.25, -0.2) is 8.42 Å². The Bertz CT molecular complexity index is 495. The van der Waals surface area contributed by atoms with Crippen molar-refractivity contribution in [2.24, 2.45) is 0 Å². The van der Waals surface area contributed by atoms with Crippen molar-refractivity contribution in [1.29, 1.82) is 0 Å². The first-order chi connectivity index (χ1) is 9.88. The summed E-state index contributed by atoms with van der Waals surface area (Å²) in [5.74, 6) is -0.321. The lowest BCUT2D eigenvalue weighted by molar-refractivity contribution is -0.141. The fourth-order valence-corrected chi connectivity index (χ4v) is 3.62. The lowest BCUT2D eigenvalue weighted by atomic mass is 10.1. The summed E-state index contributed by atoms with van der Waals surface area (Å²) in [5, 5.41) is 2.91. The number of imide groups is 1. The standard InChI is InChI=1S/C14H24N2O4S/c1-21(19,20)9-8-15-12-10-13(17)16(14(12)18)11-6-4-2-3-5-7-11/h11-12,15H,2-10H2,1H3.